The zero-order chi connectivity index (χ0) is 16.4. The Morgan fingerprint density at radius 3 is 2.83 bits per heavy atom. The quantitative estimate of drug-likeness (QED) is 0.825. The van der Waals surface area contributed by atoms with E-state index in [2.05, 4.69) is 20.2 Å². The predicted molar refractivity (Wildman–Crippen MR) is 90.4 cm³/mol. The normalized spacial score (nSPS) is 15.4. The zero-order valence-electron chi connectivity index (χ0n) is 13.2. The van der Waals surface area contributed by atoms with E-state index in [9.17, 15) is 9.59 Å². The molecule has 0 bridgehead atoms. The second-order valence-electron chi connectivity index (χ2n) is 5.62. The lowest BCUT2D eigenvalue weighted by atomic mass is 10.3. The maximum atomic E-state index is 12.1. The number of urea groups is 1. The third-order valence-corrected chi connectivity index (χ3v) is 4.83. The van der Waals surface area contributed by atoms with Crippen LogP contribution in [0, 0.1) is 0 Å². The second kappa shape index (κ2) is 6.62. The van der Waals surface area contributed by atoms with Gasteiger partial charge in [-0.3, -0.25) is 10.1 Å². The molecule has 1 saturated carbocycles. The lowest BCUT2D eigenvalue weighted by Gasteiger charge is -2.12. The molecule has 0 aliphatic heterocycles. The fraction of sp³-hybridized carbons (Fsp3) is 0.438. The molecule has 1 fully saturated rings. The predicted octanol–water partition coefficient (Wildman–Crippen LogP) is 2.53. The number of amides is 3. The van der Waals surface area contributed by atoms with Crippen molar-refractivity contribution < 1.29 is 9.59 Å². The number of nitrogens with one attached hydrogen (secondary N) is 2. The molecule has 1 heterocycles. The highest BCUT2D eigenvalue weighted by Crippen LogP contribution is 2.27. The highest BCUT2D eigenvalue weighted by molar-refractivity contribution is 8.00. The summed E-state index contributed by atoms with van der Waals surface area (Å²) < 4.78 is 2.08. The SMILES string of the molecule is CCn1c(SC(C)C(=O)NC(=O)NC2CC2)nc2ccccc21. The number of hydrogen-bond acceptors (Lipinski definition) is 4. The number of aromatic nitrogens is 2. The molecule has 2 aromatic rings. The van der Waals surface area contributed by atoms with Gasteiger partial charge in [0.15, 0.2) is 5.16 Å². The van der Waals surface area contributed by atoms with Crippen LogP contribution in [-0.4, -0.2) is 32.8 Å². The minimum atomic E-state index is -0.408. The van der Waals surface area contributed by atoms with E-state index in [-0.39, 0.29) is 11.9 Å². The summed E-state index contributed by atoms with van der Waals surface area (Å²) in [6.07, 6.45) is 1.98. The van der Waals surface area contributed by atoms with Crippen molar-refractivity contribution in [2.45, 2.75) is 49.7 Å². The van der Waals surface area contributed by atoms with Crippen molar-refractivity contribution >= 4 is 34.7 Å². The van der Waals surface area contributed by atoms with E-state index in [0.29, 0.717) is 0 Å². The minimum Gasteiger partial charge on any atom is -0.335 e. The van der Waals surface area contributed by atoms with Gasteiger partial charge in [-0.25, -0.2) is 9.78 Å². The summed E-state index contributed by atoms with van der Waals surface area (Å²) in [6.45, 7) is 4.61. The Morgan fingerprint density at radius 1 is 1.39 bits per heavy atom. The van der Waals surface area contributed by atoms with Gasteiger partial charge in [0.1, 0.15) is 0 Å². The maximum Gasteiger partial charge on any atom is 0.321 e. The molecule has 7 heteroatoms. The Morgan fingerprint density at radius 2 is 2.13 bits per heavy atom. The first-order chi connectivity index (χ1) is 11.1. The first-order valence-electron chi connectivity index (χ1n) is 7.81. The summed E-state index contributed by atoms with van der Waals surface area (Å²) in [5.41, 5.74) is 1.97. The Bertz CT molecular complexity index is 739. The number of imidazole rings is 1. The number of carbonyl (C=O) groups excluding carboxylic acids is 2. The van der Waals surface area contributed by atoms with Crippen LogP contribution in [0.2, 0.25) is 0 Å². The molecule has 0 saturated heterocycles. The molecule has 1 aliphatic carbocycles. The molecule has 122 valence electrons. The number of benzene rings is 1. The van der Waals surface area contributed by atoms with Crippen LogP contribution in [0.4, 0.5) is 4.79 Å². The van der Waals surface area contributed by atoms with Crippen molar-refractivity contribution in [3.63, 3.8) is 0 Å². The number of para-hydroxylation sites is 2. The van der Waals surface area contributed by atoms with Gasteiger partial charge in [-0.15, -0.1) is 0 Å². The average molecular weight is 332 g/mol. The Balaban J connectivity index is 1.67. The molecular weight excluding hydrogens is 312 g/mol. The van der Waals surface area contributed by atoms with E-state index < -0.39 is 11.3 Å². The minimum absolute atomic E-state index is 0.232. The molecule has 3 amide bonds. The third kappa shape index (κ3) is 3.67. The fourth-order valence-corrected chi connectivity index (χ4v) is 3.31. The molecular formula is C16H20N4O2S. The molecule has 23 heavy (non-hydrogen) atoms. The Kier molecular flexibility index (Phi) is 4.56. The first kappa shape index (κ1) is 15.9. The molecule has 1 aliphatic rings. The average Bonchev–Trinajstić information content (AvgIpc) is 3.26. The summed E-state index contributed by atoms with van der Waals surface area (Å²) in [7, 11) is 0. The van der Waals surface area contributed by atoms with Gasteiger partial charge in [-0.05, 0) is 38.8 Å². The van der Waals surface area contributed by atoms with Crippen LogP contribution >= 0.6 is 11.8 Å². The lowest BCUT2D eigenvalue weighted by Crippen LogP contribution is -2.43. The number of thioether (sulfide) groups is 1. The third-order valence-electron chi connectivity index (χ3n) is 3.74. The molecule has 1 aromatic carbocycles. The highest BCUT2D eigenvalue weighted by Gasteiger charge is 2.25. The van der Waals surface area contributed by atoms with Crippen molar-refractivity contribution in [2.24, 2.45) is 0 Å². The smallest absolute Gasteiger partial charge is 0.321 e. The monoisotopic (exact) mass is 332 g/mol. The van der Waals surface area contributed by atoms with Gasteiger partial charge in [-0.2, -0.15) is 0 Å². The number of hydrogen-bond donors (Lipinski definition) is 2. The van der Waals surface area contributed by atoms with Crippen LogP contribution in [0.5, 0.6) is 0 Å². The van der Waals surface area contributed by atoms with Crippen LogP contribution in [0.15, 0.2) is 29.4 Å². The Labute approximate surface area is 139 Å². The van der Waals surface area contributed by atoms with Crippen LogP contribution in [0.3, 0.4) is 0 Å². The van der Waals surface area contributed by atoms with Gasteiger partial charge < -0.3 is 9.88 Å². The number of fused-ring (bicyclic) bond motifs is 1. The first-order valence-corrected chi connectivity index (χ1v) is 8.69. The molecule has 0 radical (unpaired) electrons. The van der Waals surface area contributed by atoms with E-state index in [4.69, 9.17) is 0 Å². The summed E-state index contributed by atoms with van der Waals surface area (Å²) >= 11 is 1.36. The van der Waals surface area contributed by atoms with Gasteiger partial charge in [-0.1, -0.05) is 23.9 Å². The number of imide groups is 1. The van der Waals surface area contributed by atoms with E-state index in [1.54, 1.807) is 6.92 Å². The number of carbonyl (C=O) groups is 2. The van der Waals surface area contributed by atoms with Crippen molar-refractivity contribution in [3.8, 4) is 0 Å². The fourth-order valence-electron chi connectivity index (χ4n) is 2.32. The number of rotatable bonds is 5. The summed E-state index contributed by atoms with van der Waals surface area (Å²) in [5, 5.41) is 5.53. The number of nitrogens with zero attached hydrogens (tertiary/aromatic N) is 2. The molecule has 1 atom stereocenters. The second-order valence-corrected chi connectivity index (χ2v) is 6.93. The lowest BCUT2D eigenvalue weighted by molar-refractivity contribution is -0.119. The number of aryl methyl sites for hydroxylation is 1. The van der Waals surface area contributed by atoms with Gasteiger partial charge in [0, 0.05) is 12.6 Å². The van der Waals surface area contributed by atoms with Gasteiger partial charge >= 0.3 is 6.03 Å². The van der Waals surface area contributed by atoms with Gasteiger partial charge in [0.05, 0.1) is 16.3 Å². The van der Waals surface area contributed by atoms with Crippen molar-refractivity contribution in [1.29, 1.82) is 0 Å². The zero-order valence-corrected chi connectivity index (χ0v) is 14.0. The van der Waals surface area contributed by atoms with Crippen LogP contribution in [0.1, 0.15) is 26.7 Å². The van der Waals surface area contributed by atoms with Crippen molar-refractivity contribution in [3.05, 3.63) is 24.3 Å². The topological polar surface area (TPSA) is 76.0 Å². The van der Waals surface area contributed by atoms with Gasteiger partial charge in [0.25, 0.3) is 0 Å². The summed E-state index contributed by atoms with van der Waals surface area (Å²) in [6, 6.07) is 7.72. The standard InChI is InChI=1S/C16H20N4O2S/c1-3-20-13-7-5-4-6-12(13)18-16(20)23-10(2)14(21)19-15(22)17-11-8-9-11/h4-7,10-11H,3,8-9H2,1-2H3,(H2,17,19,21,22). The van der Waals surface area contributed by atoms with E-state index in [1.165, 1.54) is 11.8 Å². The highest BCUT2D eigenvalue weighted by atomic mass is 32.2. The van der Waals surface area contributed by atoms with Crippen molar-refractivity contribution in [2.75, 3.05) is 0 Å². The Hall–Kier alpha value is -2.02. The van der Waals surface area contributed by atoms with E-state index in [0.717, 1.165) is 35.6 Å². The van der Waals surface area contributed by atoms with E-state index >= 15 is 0 Å². The molecule has 3 rings (SSSR count). The molecule has 6 nitrogen and oxygen atoms in total. The molecule has 1 unspecified atom stereocenters. The van der Waals surface area contributed by atoms with Crippen LogP contribution < -0.4 is 10.6 Å². The van der Waals surface area contributed by atoms with Gasteiger partial charge in [0.2, 0.25) is 5.91 Å². The van der Waals surface area contributed by atoms with Crippen LogP contribution in [0.25, 0.3) is 11.0 Å². The largest absolute Gasteiger partial charge is 0.335 e. The molecule has 1 aromatic heterocycles. The molecule has 2 N–H and O–H groups in total. The summed E-state index contributed by atoms with van der Waals surface area (Å²) in [5.74, 6) is -0.303. The summed E-state index contributed by atoms with van der Waals surface area (Å²) in [4.78, 5) is 28.4. The van der Waals surface area contributed by atoms with Crippen LogP contribution in [-0.2, 0) is 11.3 Å². The molecule has 0 spiro atoms. The maximum absolute atomic E-state index is 12.1. The van der Waals surface area contributed by atoms with E-state index in [1.807, 2.05) is 31.2 Å². The van der Waals surface area contributed by atoms with Crippen molar-refractivity contribution in [1.82, 2.24) is 20.2 Å².